The summed E-state index contributed by atoms with van der Waals surface area (Å²) in [5, 5.41) is 0.669. The molecule has 0 spiro atoms. The molecule has 0 N–H and O–H groups in total. The molecular formula is C13H24Cl2O2Si. The molecule has 0 aromatic rings. The molecule has 18 heavy (non-hydrogen) atoms. The Balaban J connectivity index is 2.10. The van der Waals surface area contributed by atoms with E-state index in [1.807, 2.05) is 14.2 Å². The molecule has 2 nitrogen and oxygen atoms in total. The lowest BCUT2D eigenvalue weighted by atomic mass is 10.00. The summed E-state index contributed by atoms with van der Waals surface area (Å²) in [6, 6.07) is 0. The van der Waals surface area contributed by atoms with Gasteiger partial charge in [-0.05, 0) is 44.9 Å². The highest BCUT2D eigenvalue weighted by Gasteiger charge is 2.53. The summed E-state index contributed by atoms with van der Waals surface area (Å²) >= 11 is 12.5. The van der Waals surface area contributed by atoms with Crippen LogP contribution in [-0.4, -0.2) is 33.5 Å². The predicted octanol–water partition coefficient (Wildman–Crippen LogP) is 4.43. The number of rotatable bonds is 4. The Bertz CT molecular complexity index is 266. The average molecular weight is 311 g/mol. The Morgan fingerprint density at radius 3 is 1.72 bits per heavy atom. The van der Waals surface area contributed by atoms with Crippen molar-refractivity contribution in [1.29, 1.82) is 0 Å². The van der Waals surface area contributed by atoms with Crippen LogP contribution in [0.15, 0.2) is 0 Å². The first-order valence-electron chi connectivity index (χ1n) is 7.00. The van der Waals surface area contributed by atoms with E-state index in [1.165, 1.54) is 6.42 Å². The highest BCUT2D eigenvalue weighted by atomic mass is 35.5. The van der Waals surface area contributed by atoms with Gasteiger partial charge in [0.15, 0.2) is 0 Å². The minimum absolute atomic E-state index is 0.316. The summed E-state index contributed by atoms with van der Waals surface area (Å²) in [4.78, 5) is 0. The number of alkyl halides is 2. The molecule has 0 radical (unpaired) electrons. The zero-order valence-corrected chi connectivity index (χ0v) is 13.8. The second kappa shape index (κ2) is 6.44. The third-order valence-corrected chi connectivity index (χ3v) is 10.3. The molecule has 106 valence electrons. The van der Waals surface area contributed by atoms with Crippen LogP contribution < -0.4 is 0 Å². The van der Waals surface area contributed by atoms with E-state index >= 15 is 0 Å². The predicted molar refractivity (Wildman–Crippen MR) is 78.9 cm³/mol. The van der Waals surface area contributed by atoms with Gasteiger partial charge in [0.05, 0.1) is 0 Å². The molecule has 0 aromatic carbocycles. The first-order valence-corrected chi connectivity index (χ1v) is 9.85. The van der Waals surface area contributed by atoms with Crippen LogP contribution in [0.1, 0.15) is 44.9 Å². The van der Waals surface area contributed by atoms with E-state index in [0.29, 0.717) is 21.8 Å². The summed E-state index contributed by atoms with van der Waals surface area (Å²) in [5.41, 5.74) is 1.15. The summed E-state index contributed by atoms with van der Waals surface area (Å²) in [7, 11) is 1.55. The van der Waals surface area contributed by atoms with E-state index in [4.69, 9.17) is 32.1 Å². The average Bonchev–Trinajstić information content (AvgIpc) is 2.81. The lowest BCUT2D eigenvalue weighted by Crippen LogP contribution is -2.50. The largest absolute Gasteiger partial charge is 0.397 e. The van der Waals surface area contributed by atoms with Crippen molar-refractivity contribution in [1.82, 2.24) is 0 Å². The smallest absolute Gasteiger partial charge is 0.344 e. The van der Waals surface area contributed by atoms with Gasteiger partial charge in [-0.15, -0.1) is 23.2 Å². The lowest BCUT2D eigenvalue weighted by Gasteiger charge is -2.42. The van der Waals surface area contributed by atoms with Crippen molar-refractivity contribution in [3.63, 3.8) is 0 Å². The Labute approximate surface area is 122 Å². The van der Waals surface area contributed by atoms with Gasteiger partial charge in [0.25, 0.3) is 0 Å². The molecule has 2 fully saturated rings. The SMILES string of the molecule is CO[Si](OC)(C1CCC(Cl)CC1)C1CCC(Cl)C1. The van der Waals surface area contributed by atoms with E-state index in [2.05, 4.69) is 0 Å². The van der Waals surface area contributed by atoms with Gasteiger partial charge in [0, 0.05) is 36.1 Å². The topological polar surface area (TPSA) is 18.5 Å². The van der Waals surface area contributed by atoms with Crippen LogP contribution >= 0.6 is 23.2 Å². The minimum Gasteiger partial charge on any atom is -0.397 e. The van der Waals surface area contributed by atoms with Gasteiger partial charge >= 0.3 is 8.56 Å². The van der Waals surface area contributed by atoms with E-state index in [-0.39, 0.29) is 0 Å². The Morgan fingerprint density at radius 2 is 1.28 bits per heavy atom. The molecule has 2 atom stereocenters. The molecule has 0 amide bonds. The van der Waals surface area contributed by atoms with Crippen molar-refractivity contribution in [2.75, 3.05) is 14.2 Å². The molecule has 5 heteroatoms. The Kier molecular flexibility index (Phi) is 5.41. The van der Waals surface area contributed by atoms with Crippen LogP contribution in [0.25, 0.3) is 0 Å². The number of halogens is 2. The molecule has 0 aromatic heterocycles. The zero-order chi connectivity index (χ0) is 13.2. The highest BCUT2D eigenvalue weighted by molar-refractivity contribution is 6.70. The third kappa shape index (κ3) is 2.90. The van der Waals surface area contributed by atoms with Gasteiger partial charge in [-0.2, -0.15) is 0 Å². The van der Waals surface area contributed by atoms with Crippen molar-refractivity contribution >= 4 is 31.8 Å². The van der Waals surface area contributed by atoms with Gasteiger partial charge in [-0.25, -0.2) is 0 Å². The first-order chi connectivity index (χ1) is 8.62. The van der Waals surface area contributed by atoms with E-state index in [1.54, 1.807) is 0 Å². The Hall–Kier alpha value is 0.717. The van der Waals surface area contributed by atoms with E-state index < -0.39 is 8.56 Å². The molecule has 0 saturated heterocycles. The molecule has 2 aliphatic rings. The standard InChI is InChI=1S/C13H24Cl2O2Si/c1-16-18(17-2,13-8-5-11(15)9-13)12-6-3-10(14)4-7-12/h10-13H,3-9H2,1-2H3. The highest BCUT2D eigenvalue weighted by Crippen LogP contribution is 2.50. The molecule has 0 aliphatic heterocycles. The summed E-state index contributed by atoms with van der Waals surface area (Å²) < 4.78 is 12.0. The molecular weight excluding hydrogens is 287 g/mol. The fourth-order valence-corrected chi connectivity index (χ4v) is 9.06. The van der Waals surface area contributed by atoms with Crippen LogP contribution in [0.5, 0.6) is 0 Å². The zero-order valence-electron chi connectivity index (χ0n) is 11.3. The molecule has 2 saturated carbocycles. The second-order valence-corrected chi connectivity index (χ2v) is 10.8. The quantitative estimate of drug-likeness (QED) is 0.565. The van der Waals surface area contributed by atoms with Gasteiger partial charge in [0.1, 0.15) is 0 Å². The van der Waals surface area contributed by atoms with E-state index in [9.17, 15) is 0 Å². The second-order valence-electron chi connectivity index (χ2n) is 5.69. The van der Waals surface area contributed by atoms with Crippen LogP contribution in [0.3, 0.4) is 0 Å². The number of hydrogen-bond donors (Lipinski definition) is 0. The van der Waals surface area contributed by atoms with Crippen LogP contribution in [0.2, 0.25) is 11.1 Å². The lowest BCUT2D eigenvalue weighted by molar-refractivity contribution is 0.204. The fourth-order valence-electron chi connectivity index (χ4n) is 3.83. The van der Waals surface area contributed by atoms with Crippen molar-refractivity contribution in [3.05, 3.63) is 0 Å². The van der Waals surface area contributed by atoms with Gasteiger partial charge in [-0.1, -0.05) is 0 Å². The van der Waals surface area contributed by atoms with Gasteiger partial charge in [0.2, 0.25) is 0 Å². The molecule has 2 aliphatic carbocycles. The maximum atomic E-state index is 6.28. The normalized spacial score (nSPS) is 38.0. The molecule has 2 rings (SSSR count). The van der Waals surface area contributed by atoms with Crippen LogP contribution in [0.4, 0.5) is 0 Å². The first kappa shape index (κ1) is 15.1. The third-order valence-electron chi connectivity index (χ3n) is 4.80. The van der Waals surface area contributed by atoms with Gasteiger partial charge in [-0.3, -0.25) is 0 Å². The number of hydrogen-bond acceptors (Lipinski definition) is 2. The van der Waals surface area contributed by atoms with Gasteiger partial charge < -0.3 is 8.85 Å². The minimum atomic E-state index is -2.12. The van der Waals surface area contributed by atoms with E-state index in [0.717, 1.165) is 38.5 Å². The maximum absolute atomic E-state index is 6.28. The van der Waals surface area contributed by atoms with Crippen molar-refractivity contribution in [2.24, 2.45) is 0 Å². The molecule has 0 bridgehead atoms. The Morgan fingerprint density at radius 1 is 0.778 bits per heavy atom. The van der Waals surface area contributed by atoms with Crippen LogP contribution in [0, 0.1) is 0 Å². The summed E-state index contributed by atoms with van der Waals surface area (Å²) in [6.07, 6.45) is 7.87. The van der Waals surface area contributed by atoms with Crippen molar-refractivity contribution < 1.29 is 8.85 Å². The van der Waals surface area contributed by atoms with Crippen molar-refractivity contribution in [3.8, 4) is 0 Å². The molecule has 0 heterocycles. The fraction of sp³-hybridized carbons (Fsp3) is 1.00. The maximum Gasteiger partial charge on any atom is 0.344 e. The van der Waals surface area contributed by atoms with Crippen molar-refractivity contribution in [2.45, 2.75) is 66.8 Å². The summed E-state index contributed by atoms with van der Waals surface area (Å²) in [5.74, 6) is 0. The monoisotopic (exact) mass is 310 g/mol. The molecule has 2 unspecified atom stereocenters. The summed E-state index contributed by atoms with van der Waals surface area (Å²) in [6.45, 7) is 0. The van der Waals surface area contributed by atoms with Crippen LogP contribution in [-0.2, 0) is 8.85 Å².